The zero-order valence-corrected chi connectivity index (χ0v) is 19.8. The molecule has 36 heavy (non-hydrogen) atoms. The first kappa shape index (κ1) is 27.0. The van der Waals surface area contributed by atoms with Gasteiger partial charge in [-0.05, 0) is 54.1 Å². The summed E-state index contributed by atoms with van der Waals surface area (Å²) in [6.45, 7) is 0.354. The van der Waals surface area contributed by atoms with Crippen molar-refractivity contribution >= 4 is 21.8 Å². The number of amides is 2. The minimum absolute atomic E-state index is 0.00527. The van der Waals surface area contributed by atoms with Crippen LogP contribution in [0.15, 0.2) is 77.7 Å². The van der Waals surface area contributed by atoms with E-state index >= 15 is 0 Å². The SMILES string of the molecule is COCCN(Cc1cccc(OS(=O)(=O)c2cccc(C(F)(F)F)c2)c1)C(=O)Nc1cccc(F)c1. The lowest BCUT2D eigenvalue weighted by atomic mass is 10.2. The fourth-order valence-electron chi connectivity index (χ4n) is 3.14. The van der Waals surface area contributed by atoms with Crippen LogP contribution >= 0.6 is 0 Å². The van der Waals surface area contributed by atoms with Gasteiger partial charge in [-0.3, -0.25) is 0 Å². The molecule has 0 aliphatic carbocycles. The highest BCUT2D eigenvalue weighted by Crippen LogP contribution is 2.31. The van der Waals surface area contributed by atoms with E-state index in [1.54, 1.807) is 6.07 Å². The highest BCUT2D eigenvalue weighted by molar-refractivity contribution is 7.87. The molecular formula is C24H22F4N2O5S. The van der Waals surface area contributed by atoms with Crippen LogP contribution in [-0.2, 0) is 27.6 Å². The predicted octanol–water partition coefficient (Wildman–Crippen LogP) is 5.29. The van der Waals surface area contributed by atoms with Gasteiger partial charge in [0, 0.05) is 25.9 Å². The number of rotatable bonds is 9. The molecule has 0 bridgehead atoms. The van der Waals surface area contributed by atoms with E-state index in [4.69, 9.17) is 8.92 Å². The number of hydrogen-bond donors (Lipinski definition) is 1. The minimum Gasteiger partial charge on any atom is -0.383 e. The lowest BCUT2D eigenvalue weighted by Gasteiger charge is -2.23. The van der Waals surface area contributed by atoms with Crippen LogP contribution in [-0.4, -0.2) is 39.6 Å². The average molecular weight is 527 g/mol. The standard InChI is InChI=1S/C24H22F4N2O5S/c1-34-12-11-30(23(31)29-20-8-4-7-19(25)15-20)16-17-5-2-9-21(13-17)35-36(32,33)22-10-3-6-18(14-22)24(26,27)28/h2-10,13-15H,11-12,16H2,1H3,(H,29,31). The molecule has 2 amide bonds. The van der Waals surface area contributed by atoms with E-state index in [-0.39, 0.29) is 31.1 Å². The minimum atomic E-state index is -4.72. The summed E-state index contributed by atoms with van der Waals surface area (Å²) in [6.07, 6.45) is -4.72. The van der Waals surface area contributed by atoms with Gasteiger partial charge >= 0.3 is 22.3 Å². The van der Waals surface area contributed by atoms with Crippen molar-refractivity contribution in [2.24, 2.45) is 0 Å². The summed E-state index contributed by atoms with van der Waals surface area (Å²) in [5.41, 5.74) is -0.414. The molecule has 0 saturated carbocycles. The predicted molar refractivity (Wildman–Crippen MR) is 123 cm³/mol. The summed E-state index contributed by atoms with van der Waals surface area (Å²) in [6, 6.07) is 13.8. The Balaban J connectivity index is 1.77. The molecule has 0 heterocycles. The fourth-order valence-corrected chi connectivity index (χ4v) is 4.11. The molecule has 0 aromatic heterocycles. The summed E-state index contributed by atoms with van der Waals surface area (Å²) >= 11 is 0. The first-order valence-electron chi connectivity index (χ1n) is 10.5. The Morgan fingerprint density at radius 3 is 2.42 bits per heavy atom. The van der Waals surface area contributed by atoms with Crippen LogP contribution in [0.4, 0.5) is 28.0 Å². The molecule has 0 unspecified atom stereocenters. The van der Waals surface area contributed by atoms with Crippen molar-refractivity contribution in [3.63, 3.8) is 0 Å². The van der Waals surface area contributed by atoms with Gasteiger partial charge in [-0.2, -0.15) is 21.6 Å². The van der Waals surface area contributed by atoms with E-state index in [1.807, 2.05) is 0 Å². The normalized spacial score (nSPS) is 11.7. The topological polar surface area (TPSA) is 84.9 Å². The summed E-state index contributed by atoms with van der Waals surface area (Å²) in [4.78, 5) is 13.5. The average Bonchev–Trinajstić information content (AvgIpc) is 2.81. The number of halogens is 4. The third-order valence-corrected chi connectivity index (χ3v) is 6.10. The van der Waals surface area contributed by atoms with Crippen molar-refractivity contribution in [3.8, 4) is 5.75 Å². The van der Waals surface area contributed by atoms with E-state index in [0.29, 0.717) is 11.6 Å². The Hall–Kier alpha value is -3.64. The van der Waals surface area contributed by atoms with E-state index < -0.39 is 38.6 Å². The lowest BCUT2D eigenvalue weighted by molar-refractivity contribution is -0.137. The molecular weight excluding hydrogens is 504 g/mol. The third-order valence-electron chi connectivity index (χ3n) is 4.86. The molecule has 3 aromatic carbocycles. The summed E-state index contributed by atoms with van der Waals surface area (Å²) in [5.74, 6) is -0.676. The molecule has 1 N–H and O–H groups in total. The number of benzene rings is 3. The number of carbonyl (C=O) groups excluding carboxylic acids is 1. The Morgan fingerprint density at radius 2 is 1.72 bits per heavy atom. The highest BCUT2D eigenvalue weighted by Gasteiger charge is 2.32. The number of ether oxygens (including phenoxy) is 1. The maximum Gasteiger partial charge on any atom is 0.416 e. The molecule has 12 heteroatoms. The van der Waals surface area contributed by atoms with E-state index in [2.05, 4.69) is 5.32 Å². The maximum atomic E-state index is 13.4. The lowest BCUT2D eigenvalue weighted by Crippen LogP contribution is -2.36. The van der Waals surface area contributed by atoms with Crippen LogP contribution in [0, 0.1) is 5.82 Å². The molecule has 0 aliphatic rings. The summed E-state index contributed by atoms with van der Waals surface area (Å²) < 4.78 is 87.6. The molecule has 0 saturated heterocycles. The fraction of sp³-hybridized carbons (Fsp3) is 0.208. The number of methoxy groups -OCH3 is 1. The van der Waals surface area contributed by atoms with Crippen LogP contribution in [0.2, 0.25) is 0 Å². The Morgan fingerprint density at radius 1 is 1.00 bits per heavy atom. The number of anilines is 1. The zero-order valence-electron chi connectivity index (χ0n) is 19.0. The number of nitrogens with zero attached hydrogens (tertiary/aromatic N) is 1. The highest BCUT2D eigenvalue weighted by atomic mass is 32.2. The van der Waals surface area contributed by atoms with Gasteiger partial charge in [0.15, 0.2) is 0 Å². The van der Waals surface area contributed by atoms with E-state index in [0.717, 1.165) is 24.3 Å². The van der Waals surface area contributed by atoms with Crippen molar-refractivity contribution in [1.82, 2.24) is 4.90 Å². The molecule has 0 spiro atoms. The van der Waals surface area contributed by atoms with Crippen LogP contribution in [0.5, 0.6) is 5.75 Å². The Labute approximate surface area is 205 Å². The van der Waals surface area contributed by atoms with Gasteiger partial charge in [-0.1, -0.05) is 24.3 Å². The number of urea groups is 1. The number of nitrogens with one attached hydrogen (secondary N) is 1. The second-order valence-electron chi connectivity index (χ2n) is 7.57. The van der Waals surface area contributed by atoms with Crippen molar-refractivity contribution in [1.29, 1.82) is 0 Å². The van der Waals surface area contributed by atoms with Gasteiger partial charge in [0.25, 0.3) is 0 Å². The monoisotopic (exact) mass is 526 g/mol. The van der Waals surface area contributed by atoms with Gasteiger partial charge in [-0.25, -0.2) is 9.18 Å². The quantitative estimate of drug-likeness (QED) is 0.303. The Kier molecular flexibility index (Phi) is 8.53. The zero-order chi connectivity index (χ0) is 26.3. The van der Waals surface area contributed by atoms with Gasteiger partial charge in [0.05, 0.1) is 12.2 Å². The first-order valence-corrected chi connectivity index (χ1v) is 11.9. The smallest absolute Gasteiger partial charge is 0.383 e. The maximum absolute atomic E-state index is 13.4. The molecule has 192 valence electrons. The molecule has 0 atom stereocenters. The molecule has 3 rings (SSSR count). The largest absolute Gasteiger partial charge is 0.416 e. The number of carbonyl (C=O) groups is 1. The van der Waals surface area contributed by atoms with Crippen molar-refractivity contribution in [2.75, 3.05) is 25.6 Å². The van der Waals surface area contributed by atoms with Crippen molar-refractivity contribution in [2.45, 2.75) is 17.6 Å². The molecule has 0 aliphatic heterocycles. The van der Waals surface area contributed by atoms with Gasteiger partial charge in [0.1, 0.15) is 16.5 Å². The van der Waals surface area contributed by atoms with E-state index in [9.17, 15) is 30.8 Å². The van der Waals surface area contributed by atoms with E-state index in [1.165, 1.54) is 48.4 Å². The van der Waals surface area contributed by atoms with Crippen LogP contribution in [0.25, 0.3) is 0 Å². The first-order chi connectivity index (χ1) is 17.0. The molecule has 0 fully saturated rings. The van der Waals surface area contributed by atoms with Crippen LogP contribution < -0.4 is 9.50 Å². The van der Waals surface area contributed by atoms with Gasteiger partial charge in [-0.15, -0.1) is 0 Å². The molecule has 3 aromatic rings. The summed E-state index contributed by atoms with van der Waals surface area (Å²) in [7, 11) is -3.11. The van der Waals surface area contributed by atoms with Gasteiger partial charge < -0.3 is 19.1 Å². The molecule has 7 nitrogen and oxygen atoms in total. The van der Waals surface area contributed by atoms with Crippen molar-refractivity contribution < 1.29 is 39.7 Å². The molecule has 0 radical (unpaired) electrons. The Bertz CT molecular complexity index is 1320. The number of alkyl halides is 3. The second-order valence-corrected chi connectivity index (χ2v) is 9.11. The summed E-state index contributed by atoms with van der Waals surface area (Å²) in [5, 5.41) is 2.58. The van der Waals surface area contributed by atoms with Gasteiger partial charge in [0.2, 0.25) is 0 Å². The number of hydrogen-bond acceptors (Lipinski definition) is 5. The second kappa shape index (κ2) is 11.4. The third kappa shape index (κ3) is 7.43. The van der Waals surface area contributed by atoms with Crippen molar-refractivity contribution in [3.05, 3.63) is 89.7 Å². The van der Waals surface area contributed by atoms with Crippen LogP contribution in [0.1, 0.15) is 11.1 Å². The van der Waals surface area contributed by atoms with Crippen LogP contribution in [0.3, 0.4) is 0 Å².